The number of hydrogen-bond donors (Lipinski definition) is 0. The first kappa shape index (κ1) is 19.0. The molecule has 0 heterocycles. The third-order valence-corrected chi connectivity index (χ3v) is 4.60. The van der Waals surface area contributed by atoms with Crippen molar-refractivity contribution < 1.29 is 4.74 Å². The molecule has 0 bridgehead atoms. The van der Waals surface area contributed by atoms with E-state index < -0.39 is 0 Å². The van der Waals surface area contributed by atoms with Gasteiger partial charge >= 0.3 is 0 Å². The smallest absolute Gasteiger partial charge is 0.0645 e. The molecule has 0 saturated heterocycles. The third kappa shape index (κ3) is 6.83. The number of ether oxygens (including phenoxy) is 1. The molecule has 0 aliphatic carbocycles. The number of rotatable bonds is 11. The lowest BCUT2D eigenvalue weighted by molar-refractivity contribution is 0.0453. The van der Waals surface area contributed by atoms with Crippen LogP contribution in [-0.4, -0.2) is 25.8 Å². The van der Waals surface area contributed by atoms with Crippen LogP contribution in [0.1, 0.15) is 58.9 Å². The first-order chi connectivity index (χ1) is 10.6. The first-order valence-corrected chi connectivity index (χ1v) is 9.03. The number of benzene rings is 1. The normalized spacial score (nSPS) is 13.9. The fraction of sp³-hybridized carbons (Fsp3) is 0.700. The van der Waals surface area contributed by atoms with E-state index in [9.17, 15) is 0 Å². The predicted molar refractivity (Wildman–Crippen MR) is 97.8 cm³/mol. The quantitative estimate of drug-likeness (QED) is 0.539. The lowest BCUT2D eigenvalue weighted by Gasteiger charge is -2.25. The zero-order valence-corrected chi connectivity index (χ0v) is 15.3. The summed E-state index contributed by atoms with van der Waals surface area (Å²) in [6.07, 6.45) is 5.29. The molecule has 0 fully saturated rings. The van der Waals surface area contributed by atoms with Gasteiger partial charge in [0.2, 0.25) is 0 Å². The van der Waals surface area contributed by atoms with E-state index >= 15 is 0 Å². The molecule has 1 aromatic rings. The number of anilines is 1. The largest absolute Gasteiger partial charge is 0.376 e. The van der Waals surface area contributed by atoms with E-state index in [-0.39, 0.29) is 0 Å². The van der Waals surface area contributed by atoms with Crippen molar-refractivity contribution in [2.45, 2.75) is 66.4 Å². The lowest BCUT2D eigenvalue weighted by atomic mass is 9.99. The highest BCUT2D eigenvalue weighted by Gasteiger charge is 2.10. The van der Waals surface area contributed by atoms with Crippen LogP contribution in [0, 0.1) is 12.8 Å². The molecule has 2 atom stereocenters. The van der Waals surface area contributed by atoms with Gasteiger partial charge in [-0.3, -0.25) is 0 Å². The van der Waals surface area contributed by atoms with Gasteiger partial charge in [0.05, 0.1) is 12.7 Å². The summed E-state index contributed by atoms with van der Waals surface area (Å²) in [7, 11) is 0. The van der Waals surface area contributed by atoms with E-state index in [1.54, 1.807) is 0 Å². The van der Waals surface area contributed by atoms with Crippen LogP contribution in [0.25, 0.3) is 0 Å². The maximum atomic E-state index is 6.13. The van der Waals surface area contributed by atoms with E-state index in [1.807, 2.05) is 0 Å². The van der Waals surface area contributed by atoms with Gasteiger partial charge in [0.1, 0.15) is 0 Å². The summed E-state index contributed by atoms with van der Waals surface area (Å²) in [5.74, 6) is 0.817. The minimum Gasteiger partial charge on any atom is -0.376 e. The molecule has 22 heavy (non-hydrogen) atoms. The maximum absolute atomic E-state index is 6.13. The molecular weight excluding hydrogens is 270 g/mol. The number of aryl methyl sites for hydroxylation is 1. The topological polar surface area (TPSA) is 12.5 Å². The number of hydrogen-bond acceptors (Lipinski definition) is 2. The highest BCUT2D eigenvalue weighted by atomic mass is 16.5. The summed E-state index contributed by atoms with van der Waals surface area (Å²) in [4.78, 5) is 2.40. The van der Waals surface area contributed by atoms with Crippen LogP contribution in [0.15, 0.2) is 24.3 Å². The van der Waals surface area contributed by atoms with Crippen LogP contribution >= 0.6 is 0 Å². The fourth-order valence-electron chi connectivity index (χ4n) is 2.70. The van der Waals surface area contributed by atoms with Crippen LogP contribution in [-0.2, 0) is 4.74 Å². The van der Waals surface area contributed by atoms with Crippen molar-refractivity contribution in [3.8, 4) is 0 Å². The fourth-order valence-corrected chi connectivity index (χ4v) is 2.70. The summed E-state index contributed by atoms with van der Waals surface area (Å²) in [5.41, 5.74) is 2.62. The Morgan fingerprint density at radius 2 is 1.86 bits per heavy atom. The molecule has 2 nitrogen and oxygen atoms in total. The summed E-state index contributed by atoms with van der Waals surface area (Å²) in [6.45, 7) is 14.0. The van der Waals surface area contributed by atoms with Gasteiger partial charge in [-0.1, -0.05) is 39.3 Å². The molecule has 126 valence electrons. The average Bonchev–Trinajstić information content (AvgIpc) is 2.54. The first-order valence-electron chi connectivity index (χ1n) is 9.03. The molecule has 0 spiro atoms. The van der Waals surface area contributed by atoms with Crippen molar-refractivity contribution >= 4 is 5.69 Å². The van der Waals surface area contributed by atoms with Crippen molar-refractivity contribution in [3.63, 3.8) is 0 Å². The van der Waals surface area contributed by atoms with E-state index in [1.165, 1.54) is 30.5 Å². The van der Waals surface area contributed by atoms with Gasteiger partial charge in [0.25, 0.3) is 0 Å². The molecule has 1 rings (SSSR count). The molecule has 0 aliphatic heterocycles. The number of likely N-dealkylation sites (N-methyl/N-ethyl adjacent to an activating group) is 1. The Morgan fingerprint density at radius 1 is 1.09 bits per heavy atom. The van der Waals surface area contributed by atoms with Crippen LogP contribution in [0.4, 0.5) is 5.69 Å². The highest BCUT2D eigenvalue weighted by Crippen LogP contribution is 2.17. The van der Waals surface area contributed by atoms with Crippen molar-refractivity contribution in [2.24, 2.45) is 5.92 Å². The average molecular weight is 306 g/mol. The highest BCUT2D eigenvalue weighted by molar-refractivity contribution is 5.48. The molecule has 0 amide bonds. The molecule has 0 aromatic heterocycles. The standard InChI is InChI=1S/C20H35NO/c1-6-17(4)12-13-20(7-2)22-15-14-21(8-3)19-11-9-10-18(5)16-19/h9-11,16-17,20H,6-8,12-15H2,1-5H3. The third-order valence-electron chi connectivity index (χ3n) is 4.60. The molecule has 0 saturated carbocycles. The van der Waals surface area contributed by atoms with Crippen molar-refractivity contribution in [2.75, 3.05) is 24.6 Å². The molecule has 2 unspecified atom stereocenters. The molecule has 0 N–H and O–H groups in total. The zero-order valence-electron chi connectivity index (χ0n) is 15.3. The SMILES string of the molecule is CCC(C)CCC(CC)OCCN(CC)c1cccc(C)c1. The predicted octanol–water partition coefficient (Wildman–Crippen LogP) is 5.44. The van der Waals surface area contributed by atoms with E-state index in [0.717, 1.165) is 32.0 Å². The van der Waals surface area contributed by atoms with Gasteiger partial charge in [0.15, 0.2) is 0 Å². The van der Waals surface area contributed by atoms with E-state index in [0.29, 0.717) is 6.10 Å². The lowest BCUT2D eigenvalue weighted by Crippen LogP contribution is -2.29. The zero-order chi connectivity index (χ0) is 16.4. The van der Waals surface area contributed by atoms with E-state index in [2.05, 4.69) is 63.8 Å². The molecule has 0 aliphatic rings. The summed E-state index contributed by atoms with van der Waals surface area (Å²) in [5, 5.41) is 0. The Kier molecular flexibility index (Phi) is 9.22. The monoisotopic (exact) mass is 305 g/mol. The number of nitrogens with zero attached hydrogens (tertiary/aromatic N) is 1. The van der Waals surface area contributed by atoms with E-state index in [4.69, 9.17) is 4.74 Å². The van der Waals surface area contributed by atoms with Gasteiger partial charge in [-0.05, 0) is 56.7 Å². The van der Waals surface area contributed by atoms with Gasteiger partial charge in [-0.2, -0.15) is 0 Å². The van der Waals surface area contributed by atoms with Gasteiger partial charge in [0, 0.05) is 18.8 Å². The minimum absolute atomic E-state index is 0.421. The van der Waals surface area contributed by atoms with Crippen molar-refractivity contribution in [1.29, 1.82) is 0 Å². The van der Waals surface area contributed by atoms with Crippen LogP contribution in [0.3, 0.4) is 0 Å². The summed E-state index contributed by atoms with van der Waals surface area (Å²) >= 11 is 0. The second kappa shape index (κ2) is 10.7. The maximum Gasteiger partial charge on any atom is 0.0645 e. The van der Waals surface area contributed by atoms with Crippen molar-refractivity contribution in [1.82, 2.24) is 0 Å². The Hall–Kier alpha value is -1.02. The Balaban J connectivity index is 2.39. The van der Waals surface area contributed by atoms with Gasteiger partial charge < -0.3 is 9.64 Å². The minimum atomic E-state index is 0.421. The van der Waals surface area contributed by atoms with Crippen LogP contribution in [0.5, 0.6) is 0 Å². The molecule has 0 radical (unpaired) electrons. The van der Waals surface area contributed by atoms with Gasteiger partial charge in [-0.15, -0.1) is 0 Å². The molecule has 2 heteroatoms. The summed E-state index contributed by atoms with van der Waals surface area (Å²) in [6, 6.07) is 8.73. The van der Waals surface area contributed by atoms with Crippen molar-refractivity contribution in [3.05, 3.63) is 29.8 Å². The van der Waals surface area contributed by atoms with Crippen LogP contribution in [0.2, 0.25) is 0 Å². The second-order valence-electron chi connectivity index (χ2n) is 6.41. The second-order valence-corrected chi connectivity index (χ2v) is 6.41. The molecular formula is C20H35NO. The van der Waals surface area contributed by atoms with Gasteiger partial charge in [-0.25, -0.2) is 0 Å². The Labute approximate surface area is 137 Å². The Morgan fingerprint density at radius 3 is 2.45 bits per heavy atom. The molecule has 1 aromatic carbocycles. The Bertz CT molecular complexity index is 404. The summed E-state index contributed by atoms with van der Waals surface area (Å²) < 4.78 is 6.13. The van der Waals surface area contributed by atoms with Crippen LogP contribution < -0.4 is 4.90 Å².